The van der Waals surface area contributed by atoms with Crippen molar-refractivity contribution in [2.75, 3.05) is 0 Å². The van der Waals surface area contributed by atoms with Gasteiger partial charge in [0.25, 0.3) is 0 Å². The van der Waals surface area contributed by atoms with E-state index in [9.17, 15) is 4.39 Å². The van der Waals surface area contributed by atoms with E-state index in [2.05, 4.69) is 15.2 Å². The molecule has 0 aliphatic rings. The molecule has 0 bridgehead atoms. The van der Waals surface area contributed by atoms with Gasteiger partial charge < -0.3 is 0 Å². The lowest BCUT2D eigenvalue weighted by Crippen LogP contribution is -1.83. The van der Waals surface area contributed by atoms with Gasteiger partial charge in [0.2, 0.25) is 5.28 Å². The smallest absolute Gasteiger partial charge is 0.242 e. The molecule has 0 radical (unpaired) electrons. The predicted octanol–water partition coefficient (Wildman–Crippen LogP) is 2.89. The molecule has 0 saturated heterocycles. The fourth-order valence-electron chi connectivity index (χ4n) is 1.02. The van der Waals surface area contributed by atoms with Crippen molar-refractivity contribution in [3.8, 4) is 0 Å². The molecule has 78 valence electrons. The Morgan fingerprint density at radius 3 is 2.67 bits per heavy atom. The molecule has 0 fully saturated rings. The quantitative estimate of drug-likeness (QED) is 0.843. The summed E-state index contributed by atoms with van der Waals surface area (Å²) in [5.74, 6) is 1.10. The normalized spacial score (nSPS) is 10.5. The number of H-pyrrole nitrogens is 1. The number of hydrogen-bond acceptors (Lipinski definition) is 3. The van der Waals surface area contributed by atoms with Gasteiger partial charge in [-0.3, -0.25) is 5.10 Å². The van der Waals surface area contributed by atoms with Gasteiger partial charge in [0.1, 0.15) is 11.6 Å². The van der Waals surface area contributed by atoms with Crippen LogP contribution in [0.3, 0.4) is 0 Å². The number of thioether (sulfide) groups is 1. The second-order valence-electron chi connectivity index (χ2n) is 2.79. The van der Waals surface area contributed by atoms with Gasteiger partial charge in [-0.2, -0.15) is 0 Å². The summed E-state index contributed by atoms with van der Waals surface area (Å²) in [6.45, 7) is 0. The Balaban J connectivity index is 1.96. The molecule has 0 spiro atoms. The minimum atomic E-state index is -0.234. The van der Waals surface area contributed by atoms with Crippen LogP contribution in [-0.2, 0) is 5.75 Å². The number of aromatic amines is 1. The zero-order valence-electron chi connectivity index (χ0n) is 7.58. The number of nitrogens with zero attached hydrogens (tertiary/aromatic N) is 2. The molecule has 0 atom stereocenters. The Bertz CT molecular complexity index is 443. The molecule has 0 saturated carbocycles. The van der Waals surface area contributed by atoms with E-state index in [1.165, 1.54) is 23.9 Å². The third-order valence-electron chi connectivity index (χ3n) is 1.69. The van der Waals surface area contributed by atoms with Gasteiger partial charge in [-0.15, -0.1) is 16.9 Å². The highest BCUT2D eigenvalue weighted by Gasteiger charge is 2.01. The highest BCUT2D eigenvalue weighted by atomic mass is 35.5. The molecule has 1 aromatic carbocycles. The van der Waals surface area contributed by atoms with Crippen LogP contribution in [-0.4, -0.2) is 15.2 Å². The molecule has 6 heteroatoms. The Labute approximate surface area is 95.1 Å². The van der Waals surface area contributed by atoms with Crippen LogP contribution >= 0.6 is 23.4 Å². The summed E-state index contributed by atoms with van der Waals surface area (Å²) >= 11 is 7.09. The van der Waals surface area contributed by atoms with Gasteiger partial charge in [0.15, 0.2) is 0 Å². The lowest BCUT2D eigenvalue weighted by Gasteiger charge is -1.97. The fraction of sp³-hybridized carbons (Fsp3) is 0.111. The van der Waals surface area contributed by atoms with Crippen molar-refractivity contribution in [3.63, 3.8) is 0 Å². The third kappa shape index (κ3) is 2.94. The van der Waals surface area contributed by atoms with Gasteiger partial charge in [0.05, 0.1) is 5.75 Å². The van der Waals surface area contributed by atoms with Crippen molar-refractivity contribution in [2.45, 2.75) is 10.6 Å². The molecular formula is C9H7ClFN3S. The first kappa shape index (κ1) is 10.4. The lowest BCUT2D eigenvalue weighted by atomic mass is 10.4. The molecule has 1 N–H and O–H groups in total. The largest absolute Gasteiger partial charge is 0.261 e. The molecule has 2 aromatic rings. The second-order valence-corrected chi connectivity index (χ2v) is 4.18. The molecule has 0 amide bonds. The summed E-state index contributed by atoms with van der Waals surface area (Å²) in [7, 11) is 0. The topological polar surface area (TPSA) is 41.6 Å². The molecule has 1 aromatic heterocycles. The maximum absolute atomic E-state index is 12.6. The molecule has 0 aliphatic heterocycles. The summed E-state index contributed by atoms with van der Waals surface area (Å²) in [6, 6.07) is 6.29. The fourth-order valence-corrected chi connectivity index (χ4v) is 1.92. The molecule has 15 heavy (non-hydrogen) atoms. The number of rotatable bonds is 3. The van der Waals surface area contributed by atoms with E-state index in [1.54, 1.807) is 12.1 Å². The van der Waals surface area contributed by atoms with E-state index in [0.717, 1.165) is 4.90 Å². The van der Waals surface area contributed by atoms with Crippen LogP contribution in [0.5, 0.6) is 0 Å². The number of halogens is 2. The number of hydrogen-bond donors (Lipinski definition) is 1. The van der Waals surface area contributed by atoms with Crippen LogP contribution < -0.4 is 0 Å². The Hall–Kier alpha value is -1.07. The second kappa shape index (κ2) is 4.63. The van der Waals surface area contributed by atoms with E-state index >= 15 is 0 Å². The Morgan fingerprint density at radius 2 is 2.07 bits per heavy atom. The summed E-state index contributed by atoms with van der Waals surface area (Å²) in [5, 5.41) is 6.61. The van der Waals surface area contributed by atoms with Crippen molar-refractivity contribution in [1.82, 2.24) is 15.2 Å². The molecule has 0 unspecified atom stereocenters. The van der Waals surface area contributed by atoms with Crippen LogP contribution in [0.1, 0.15) is 5.82 Å². The summed E-state index contributed by atoms with van der Waals surface area (Å²) < 4.78 is 12.6. The molecule has 0 aliphatic carbocycles. The minimum absolute atomic E-state index is 0.213. The van der Waals surface area contributed by atoms with Crippen molar-refractivity contribution in [3.05, 3.63) is 41.2 Å². The number of aromatic nitrogens is 3. The van der Waals surface area contributed by atoms with Gasteiger partial charge in [-0.05, 0) is 35.9 Å². The van der Waals surface area contributed by atoms with Crippen molar-refractivity contribution in [2.24, 2.45) is 0 Å². The first-order valence-electron chi connectivity index (χ1n) is 4.19. The zero-order chi connectivity index (χ0) is 10.7. The Morgan fingerprint density at radius 1 is 1.33 bits per heavy atom. The first-order valence-corrected chi connectivity index (χ1v) is 5.55. The van der Waals surface area contributed by atoms with Gasteiger partial charge >= 0.3 is 0 Å². The maximum Gasteiger partial charge on any atom is 0.242 e. The molecular weight excluding hydrogens is 237 g/mol. The summed E-state index contributed by atoms with van der Waals surface area (Å²) in [4.78, 5) is 4.92. The molecule has 3 nitrogen and oxygen atoms in total. The first-order chi connectivity index (χ1) is 7.24. The average Bonchev–Trinajstić information content (AvgIpc) is 2.64. The maximum atomic E-state index is 12.6. The van der Waals surface area contributed by atoms with Crippen LogP contribution in [0, 0.1) is 5.82 Å². The van der Waals surface area contributed by atoms with E-state index < -0.39 is 0 Å². The van der Waals surface area contributed by atoms with Gasteiger partial charge in [-0.25, -0.2) is 9.37 Å². The van der Waals surface area contributed by atoms with Crippen LogP contribution in [0.2, 0.25) is 5.28 Å². The van der Waals surface area contributed by atoms with E-state index in [-0.39, 0.29) is 11.1 Å². The molecule has 2 rings (SSSR count). The van der Waals surface area contributed by atoms with E-state index in [1.807, 2.05) is 0 Å². The summed E-state index contributed by atoms with van der Waals surface area (Å²) in [5.41, 5.74) is 0. The van der Waals surface area contributed by atoms with Crippen LogP contribution in [0.4, 0.5) is 4.39 Å². The van der Waals surface area contributed by atoms with Crippen LogP contribution in [0.15, 0.2) is 29.2 Å². The standard InChI is InChI=1S/C9H7ClFN3S/c10-9-12-8(13-14-9)5-15-7-3-1-6(11)2-4-7/h1-4H,5H2,(H,12,13,14). The highest BCUT2D eigenvalue weighted by molar-refractivity contribution is 7.98. The SMILES string of the molecule is Fc1ccc(SCc2nc(Cl)n[nH]2)cc1. The predicted molar refractivity (Wildman–Crippen MR) is 57.4 cm³/mol. The number of benzene rings is 1. The van der Waals surface area contributed by atoms with Crippen molar-refractivity contribution >= 4 is 23.4 Å². The zero-order valence-corrected chi connectivity index (χ0v) is 9.15. The lowest BCUT2D eigenvalue weighted by molar-refractivity contribution is 0.626. The summed E-state index contributed by atoms with van der Waals surface area (Å²) in [6.07, 6.45) is 0. The van der Waals surface area contributed by atoms with Crippen molar-refractivity contribution in [1.29, 1.82) is 0 Å². The van der Waals surface area contributed by atoms with E-state index in [0.29, 0.717) is 11.6 Å². The Kier molecular flexibility index (Phi) is 3.23. The van der Waals surface area contributed by atoms with E-state index in [4.69, 9.17) is 11.6 Å². The molecule has 1 heterocycles. The van der Waals surface area contributed by atoms with Crippen LogP contribution in [0.25, 0.3) is 0 Å². The monoisotopic (exact) mass is 243 g/mol. The third-order valence-corrected chi connectivity index (χ3v) is 2.89. The minimum Gasteiger partial charge on any atom is -0.261 e. The average molecular weight is 244 g/mol. The van der Waals surface area contributed by atoms with Gasteiger partial charge in [0, 0.05) is 4.90 Å². The highest BCUT2D eigenvalue weighted by Crippen LogP contribution is 2.21. The number of nitrogens with one attached hydrogen (secondary N) is 1. The van der Waals surface area contributed by atoms with Crippen molar-refractivity contribution < 1.29 is 4.39 Å². The van der Waals surface area contributed by atoms with Gasteiger partial charge in [-0.1, -0.05) is 0 Å².